The molecule has 2 rings (SSSR count). The smallest absolute Gasteiger partial charge is 0.191 e. The average molecular weight is 457 g/mol. The molecule has 5 nitrogen and oxygen atoms in total. The lowest BCUT2D eigenvalue weighted by molar-refractivity contribution is 0.221. The number of aromatic nitrogens is 1. The minimum absolute atomic E-state index is 0. The Balaban J connectivity index is 0.00000312. The van der Waals surface area contributed by atoms with Crippen LogP contribution in [-0.2, 0) is 6.54 Å². The van der Waals surface area contributed by atoms with Gasteiger partial charge in [0.15, 0.2) is 5.96 Å². The van der Waals surface area contributed by atoms with E-state index in [-0.39, 0.29) is 24.0 Å². The molecule has 25 heavy (non-hydrogen) atoms. The number of piperidine rings is 1. The van der Waals surface area contributed by atoms with Crippen LogP contribution in [-0.4, -0.2) is 48.1 Å². The number of likely N-dealkylation sites (tertiary alicyclic amines) is 1. The zero-order valence-electron chi connectivity index (χ0n) is 15.7. The molecule has 1 saturated heterocycles. The van der Waals surface area contributed by atoms with Gasteiger partial charge in [0.05, 0.1) is 12.2 Å². The highest BCUT2D eigenvalue weighted by molar-refractivity contribution is 14.0. The van der Waals surface area contributed by atoms with Gasteiger partial charge in [0.1, 0.15) is 0 Å². The Morgan fingerprint density at radius 3 is 2.72 bits per heavy atom. The fraction of sp³-hybridized carbons (Fsp3) is 0.579. The molecule has 0 atom stereocenters. The van der Waals surface area contributed by atoms with Gasteiger partial charge in [-0.1, -0.05) is 18.2 Å². The summed E-state index contributed by atoms with van der Waals surface area (Å²) in [6.07, 6.45) is 4.11. The van der Waals surface area contributed by atoms with E-state index in [1.807, 2.05) is 12.3 Å². The third-order valence-corrected chi connectivity index (χ3v) is 4.27. The molecule has 0 aliphatic carbocycles. The zero-order chi connectivity index (χ0) is 17.4. The minimum Gasteiger partial charge on any atom is -0.357 e. The maximum atomic E-state index is 4.71. The maximum Gasteiger partial charge on any atom is 0.191 e. The quantitative estimate of drug-likeness (QED) is 0.299. The van der Waals surface area contributed by atoms with E-state index in [4.69, 9.17) is 4.99 Å². The first-order valence-corrected chi connectivity index (χ1v) is 8.90. The number of halogens is 1. The van der Waals surface area contributed by atoms with Crippen LogP contribution in [0.4, 0.5) is 0 Å². The standard InChI is InChI=1S/C19H31N5.HI/c1-5-20-19(22-13-18-16(4)7-6-10-21-18)23-17-8-11-24(12-9-17)14-15(2)3;/h6-7,10,17H,2,5,8-9,11-14H2,1,3-4H3,(H2,20,22,23);1H. The van der Waals surface area contributed by atoms with Crippen molar-refractivity contribution in [2.45, 2.75) is 46.2 Å². The van der Waals surface area contributed by atoms with E-state index in [1.54, 1.807) is 0 Å². The summed E-state index contributed by atoms with van der Waals surface area (Å²) in [5, 5.41) is 6.93. The second-order valence-electron chi connectivity index (χ2n) is 6.61. The van der Waals surface area contributed by atoms with E-state index in [2.05, 4.69) is 53.9 Å². The van der Waals surface area contributed by atoms with E-state index < -0.39 is 0 Å². The van der Waals surface area contributed by atoms with Crippen LogP contribution in [0.3, 0.4) is 0 Å². The first kappa shape index (κ1) is 21.9. The molecule has 0 aromatic carbocycles. The molecule has 140 valence electrons. The number of aryl methyl sites for hydroxylation is 1. The van der Waals surface area contributed by atoms with Crippen molar-refractivity contribution in [3.05, 3.63) is 41.7 Å². The van der Waals surface area contributed by atoms with Gasteiger partial charge in [-0.25, -0.2) is 4.99 Å². The summed E-state index contributed by atoms with van der Waals surface area (Å²) in [5.74, 6) is 0.890. The van der Waals surface area contributed by atoms with Crippen LogP contribution < -0.4 is 10.6 Å². The molecule has 6 heteroatoms. The number of hydrogen-bond acceptors (Lipinski definition) is 3. The van der Waals surface area contributed by atoms with Crippen LogP contribution in [0.5, 0.6) is 0 Å². The van der Waals surface area contributed by atoms with E-state index >= 15 is 0 Å². The number of guanidine groups is 1. The number of nitrogens with one attached hydrogen (secondary N) is 2. The van der Waals surface area contributed by atoms with Crippen molar-refractivity contribution in [2.75, 3.05) is 26.2 Å². The molecule has 1 fully saturated rings. The van der Waals surface area contributed by atoms with Crippen molar-refractivity contribution in [3.8, 4) is 0 Å². The van der Waals surface area contributed by atoms with Gasteiger partial charge < -0.3 is 10.6 Å². The Hall–Kier alpha value is -1.15. The summed E-state index contributed by atoms with van der Waals surface area (Å²) in [6.45, 7) is 15.0. The van der Waals surface area contributed by atoms with Gasteiger partial charge in [-0.3, -0.25) is 9.88 Å². The van der Waals surface area contributed by atoms with Crippen molar-refractivity contribution in [1.29, 1.82) is 0 Å². The Kier molecular flexibility index (Phi) is 10.0. The molecule has 0 amide bonds. The number of nitrogens with zero attached hydrogens (tertiary/aromatic N) is 3. The SMILES string of the molecule is C=C(C)CN1CCC(NC(=NCc2ncccc2C)NCC)CC1.I. The van der Waals surface area contributed by atoms with Crippen molar-refractivity contribution in [2.24, 2.45) is 4.99 Å². The lowest BCUT2D eigenvalue weighted by Crippen LogP contribution is -2.48. The van der Waals surface area contributed by atoms with E-state index in [1.165, 1.54) is 11.1 Å². The molecular formula is C19H32IN5. The molecule has 0 spiro atoms. The monoisotopic (exact) mass is 457 g/mol. The predicted molar refractivity (Wildman–Crippen MR) is 117 cm³/mol. The van der Waals surface area contributed by atoms with Crippen LogP contribution in [0.15, 0.2) is 35.5 Å². The van der Waals surface area contributed by atoms with Crippen molar-refractivity contribution >= 4 is 29.9 Å². The van der Waals surface area contributed by atoms with E-state index in [9.17, 15) is 0 Å². The molecule has 1 aromatic rings. The van der Waals surface area contributed by atoms with Crippen LogP contribution >= 0.6 is 24.0 Å². The summed E-state index contributed by atoms with van der Waals surface area (Å²) in [5.41, 5.74) is 3.46. The fourth-order valence-corrected chi connectivity index (χ4v) is 2.97. The van der Waals surface area contributed by atoms with Crippen LogP contribution in [0, 0.1) is 6.92 Å². The van der Waals surface area contributed by atoms with E-state index in [0.29, 0.717) is 12.6 Å². The van der Waals surface area contributed by atoms with Crippen molar-refractivity contribution in [1.82, 2.24) is 20.5 Å². The topological polar surface area (TPSA) is 52.5 Å². The average Bonchev–Trinajstić information content (AvgIpc) is 2.55. The second kappa shape index (κ2) is 11.5. The number of pyridine rings is 1. The van der Waals surface area contributed by atoms with Crippen molar-refractivity contribution < 1.29 is 0 Å². The van der Waals surface area contributed by atoms with Gasteiger partial charge in [-0.2, -0.15) is 0 Å². The van der Waals surface area contributed by atoms with Gasteiger partial charge in [-0.05, 0) is 45.2 Å². The highest BCUT2D eigenvalue weighted by atomic mass is 127. The summed E-state index contributed by atoms with van der Waals surface area (Å²) in [7, 11) is 0. The first-order valence-electron chi connectivity index (χ1n) is 8.90. The maximum absolute atomic E-state index is 4.71. The lowest BCUT2D eigenvalue weighted by Gasteiger charge is -2.33. The van der Waals surface area contributed by atoms with Gasteiger partial charge in [0.25, 0.3) is 0 Å². The third-order valence-electron chi connectivity index (χ3n) is 4.27. The minimum atomic E-state index is 0. The largest absolute Gasteiger partial charge is 0.357 e. The molecule has 0 saturated carbocycles. The molecule has 0 radical (unpaired) electrons. The number of hydrogen-bond donors (Lipinski definition) is 2. The highest BCUT2D eigenvalue weighted by Gasteiger charge is 2.19. The summed E-state index contributed by atoms with van der Waals surface area (Å²) in [6, 6.07) is 4.52. The summed E-state index contributed by atoms with van der Waals surface area (Å²) < 4.78 is 0. The Morgan fingerprint density at radius 2 is 2.12 bits per heavy atom. The molecule has 1 aromatic heterocycles. The molecule has 1 aliphatic heterocycles. The van der Waals surface area contributed by atoms with E-state index in [0.717, 1.165) is 50.7 Å². The van der Waals surface area contributed by atoms with Gasteiger partial charge in [0.2, 0.25) is 0 Å². The third kappa shape index (κ3) is 7.73. The van der Waals surface area contributed by atoms with Crippen LogP contribution in [0.2, 0.25) is 0 Å². The summed E-state index contributed by atoms with van der Waals surface area (Å²) >= 11 is 0. The lowest BCUT2D eigenvalue weighted by atomic mass is 10.0. The predicted octanol–water partition coefficient (Wildman–Crippen LogP) is 3.10. The van der Waals surface area contributed by atoms with Gasteiger partial charge >= 0.3 is 0 Å². The molecule has 0 unspecified atom stereocenters. The fourth-order valence-electron chi connectivity index (χ4n) is 2.97. The summed E-state index contributed by atoms with van der Waals surface area (Å²) in [4.78, 5) is 11.6. The Morgan fingerprint density at radius 1 is 1.40 bits per heavy atom. The molecule has 0 bridgehead atoms. The second-order valence-corrected chi connectivity index (χ2v) is 6.61. The Bertz CT molecular complexity index is 565. The Labute approximate surface area is 169 Å². The number of rotatable bonds is 6. The van der Waals surface area contributed by atoms with Crippen LogP contribution in [0.1, 0.15) is 37.9 Å². The first-order chi connectivity index (χ1) is 11.6. The molecule has 2 heterocycles. The van der Waals surface area contributed by atoms with Gasteiger partial charge in [0, 0.05) is 38.4 Å². The van der Waals surface area contributed by atoms with Gasteiger partial charge in [-0.15, -0.1) is 24.0 Å². The van der Waals surface area contributed by atoms with Crippen molar-refractivity contribution in [3.63, 3.8) is 0 Å². The zero-order valence-corrected chi connectivity index (χ0v) is 18.0. The molecule has 2 N–H and O–H groups in total. The molecular weight excluding hydrogens is 425 g/mol. The highest BCUT2D eigenvalue weighted by Crippen LogP contribution is 2.11. The molecule has 1 aliphatic rings. The normalized spacial score (nSPS) is 16.2. The van der Waals surface area contributed by atoms with Crippen LogP contribution in [0.25, 0.3) is 0 Å². The number of aliphatic imine (C=N–C) groups is 1.